The summed E-state index contributed by atoms with van der Waals surface area (Å²) < 4.78 is 5.31. The van der Waals surface area contributed by atoms with Crippen LogP contribution in [0.2, 0.25) is 0 Å². The van der Waals surface area contributed by atoms with Crippen molar-refractivity contribution in [2.24, 2.45) is 11.8 Å². The number of urea groups is 1. The lowest BCUT2D eigenvalue weighted by Gasteiger charge is -2.30. The highest BCUT2D eigenvalue weighted by Gasteiger charge is 2.31. The van der Waals surface area contributed by atoms with Gasteiger partial charge in [-0.25, -0.2) is 9.59 Å². The fourth-order valence-electron chi connectivity index (χ4n) is 2.37. The summed E-state index contributed by atoms with van der Waals surface area (Å²) in [5, 5.41) is 14.5. The molecule has 0 aromatic rings. The first-order valence-electron chi connectivity index (χ1n) is 6.94. The van der Waals surface area contributed by atoms with Crippen LogP contribution in [-0.2, 0) is 9.53 Å². The Hall–Kier alpha value is -1.30. The van der Waals surface area contributed by atoms with Crippen LogP contribution in [0.4, 0.5) is 4.79 Å². The third-order valence-corrected chi connectivity index (χ3v) is 3.83. The maximum atomic E-state index is 11.8. The first kappa shape index (κ1) is 14.1. The number of carbonyl (C=O) groups is 2. The Kier molecular flexibility index (Phi) is 4.63. The van der Waals surface area contributed by atoms with E-state index in [4.69, 9.17) is 9.84 Å². The van der Waals surface area contributed by atoms with Crippen molar-refractivity contribution in [3.05, 3.63) is 0 Å². The van der Waals surface area contributed by atoms with Gasteiger partial charge in [-0.05, 0) is 24.7 Å². The molecule has 0 radical (unpaired) electrons. The number of carboxylic acid groups (broad SMARTS) is 1. The van der Waals surface area contributed by atoms with Crippen molar-refractivity contribution in [2.75, 3.05) is 13.2 Å². The number of amides is 2. The maximum Gasteiger partial charge on any atom is 0.326 e. The van der Waals surface area contributed by atoms with E-state index in [1.807, 2.05) is 6.92 Å². The van der Waals surface area contributed by atoms with E-state index in [9.17, 15) is 9.59 Å². The van der Waals surface area contributed by atoms with Crippen LogP contribution in [0.25, 0.3) is 0 Å². The van der Waals surface area contributed by atoms with Crippen molar-refractivity contribution in [3.8, 4) is 0 Å². The standard InChI is InChI=1S/C13H22N2O4/c1-8-7-19-5-4-10(8)14-13(18)15-11(12(16)17)6-9-2-3-9/h8-11H,2-7H2,1H3,(H,16,17)(H2,14,15,18)/t8?,10?,11-/m0/s1. The molecule has 0 spiro atoms. The van der Waals surface area contributed by atoms with Crippen LogP contribution in [-0.4, -0.2) is 42.4 Å². The number of carbonyl (C=O) groups excluding carboxylic acids is 1. The quantitative estimate of drug-likeness (QED) is 0.694. The van der Waals surface area contributed by atoms with Crippen LogP contribution < -0.4 is 10.6 Å². The van der Waals surface area contributed by atoms with Gasteiger partial charge in [0.2, 0.25) is 0 Å². The van der Waals surface area contributed by atoms with Gasteiger partial charge in [0.1, 0.15) is 6.04 Å². The minimum absolute atomic E-state index is 0.0594. The number of aliphatic carboxylic acids is 1. The van der Waals surface area contributed by atoms with Crippen molar-refractivity contribution < 1.29 is 19.4 Å². The molecule has 0 bridgehead atoms. The van der Waals surface area contributed by atoms with Gasteiger partial charge < -0.3 is 20.5 Å². The topological polar surface area (TPSA) is 87.7 Å². The van der Waals surface area contributed by atoms with Crippen LogP contribution in [0.3, 0.4) is 0 Å². The molecule has 1 heterocycles. The summed E-state index contributed by atoms with van der Waals surface area (Å²) in [5.41, 5.74) is 0. The Balaban J connectivity index is 1.79. The number of hydrogen-bond donors (Lipinski definition) is 3. The zero-order valence-electron chi connectivity index (χ0n) is 11.2. The molecule has 2 aliphatic rings. The van der Waals surface area contributed by atoms with E-state index in [0.717, 1.165) is 19.3 Å². The summed E-state index contributed by atoms with van der Waals surface area (Å²) in [5.74, 6) is -0.239. The van der Waals surface area contributed by atoms with Gasteiger partial charge in [0.15, 0.2) is 0 Å². The van der Waals surface area contributed by atoms with Gasteiger partial charge in [0.25, 0.3) is 0 Å². The summed E-state index contributed by atoms with van der Waals surface area (Å²) in [6.45, 7) is 3.29. The maximum absolute atomic E-state index is 11.8. The van der Waals surface area contributed by atoms with Gasteiger partial charge in [-0.3, -0.25) is 0 Å². The molecule has 3 N–H and O–H groups in total. The Morgan fingerprint density at radius 1 is 1.37 bits per heavy atom. The van der Waals surface area contributed by atoms with Crippen molar-refractivity contribution in [1.82, 2.24) is 10.6 Å². The molecule has 1 aliphatic heterocycles. The highest BCUT2D eigenvalue weighted by molar-refractivity contribution is 5.82. The molecular weight excluding hydrogens is 248 g/mol. The third kappa shape index (κ3) is 4.38. The zero-order valence-corrected chi connectivity index (χ0v) is 11.2. The Morgan fingerprint density at radius 3 is 2.68 bits per heavy atom. The average Bonchev–Trinajstić information content (AvgIpc) is 3.15. The van der Waals surface area contributed by atoms with E-state index in [1.165, 1.54) is 0 Å². The first-order valence-corrected chi connectivity index (χ1v) is 6.94. The molecule has 1 saturated heterocycles. The molecular formula is C13H22N2O4. The van der Waals surface area contributed by atoms with Crippen molar-refractivity contribution in [2.45, 2.75) is 44.7 Å². The summed E-state index contributed by atoms with van der Waals surface area (Å²) in [6, 6.07) is -1.10. The predicted octanol–water partition coefficient (Wildman–Crippen LogP) is 0.964. The third-order valence-electron chi connectivity index (χ3n) is 3.83. The molecule has 19 heavy (non-hydrogen) atoms. The van der Waals surface area contributed by atoms with Crippen LogP contribution in [0.1, 0.15) is 32.6 Å². The fraction of sp³-hybridized carbons (Fsp3) is 0.846. The van der Waals surface area contributed by atoms with E-state index in [2.05, 4.69) is 10.6 Å². The molecule has 1 aliphatic carbocycles. The van der Waals surface area contributed by atoms with E-state index in [1.54, 1.807) is 0 Å². The number of rotatable bonds is 5. The van der Waals surface area contributed by atoms with Gasteiger partial charge >= 0.3 is 12.0 Å². The highest BCUT2D eigenvalue weighted by Crippen LogP contribution is 2.33. The molecule has 0 aromatic heterocycles. The van der Waals surface area contributed by atoms with E-state index in [-0.39, 0.29) is 18.0 Å². The van der Waals surface area contributed by atoms with Crippen LogP contribution in [0.5, 0.6) is 0 Å². The SMILES string of the molecule is CC1COCCC1NC(=O)N[C@@H](CC1CC1)C(=O)O. The second kappa shape index (κ2) is 6.23. The van der Waals surface area contributed by atoms with Gasteiger partial charge in [0, 0.05) is 12.6 Å². The van der Waals surface area contributed by atoms with Gasteiger partial charge in [-0.1, -0.05) is 19.8 Å². The van der Waals surface area contributed by atoms with Crippen LogP contribution >= 0.6 is 0 Å². The molecule has 108 valence electrons. The van der Waals surface area contributed by atoms with Gasteiger partial charge in [-0.15, -0.1) is 0 Å². The summed E-state index contributed by atoms with van der Waals surface area (Å²) in [6.07, 6.45) is 3.45. The molecule has 2 fully saturated rings. The highest BCUT2D eigenvalue weighted by atomic mass is 16.5. The molecule has 1 saturated carbocycles. The lowest BCUT2D eigenvalue weighted by Crippen LogP contribution is -2.52. The summed E-state index contributed by atoms with van der Waals surface area (Å²) in [4.78, 5) is 22.9. The number of hydrogen-bond acceptors (Lipinski definition) is 3. The Labute approximate surface area is 112 Å². The van der Waals surface area contributed by atoms with Gasteiger partial charge in [-0.2, -0.15) is 0 Å². The summed E-state index contributed by atoms with van der Waals surface area (Å²) in [7, 11) is 0. The molecule has 6 nitrogen and oxygen atoms in total. The lowest BCUT2D eigenvalue weighted by molar-refractivity contribution is -0.139. The van der Waals surface area contributed by atoms with Crippen LogP contribution in [0.15, 0.2) is 0 Å². The normalized spacial score (nSPS) is 28.5. The first-order chi connectivity index (χ1) is 9.06. The molecule has 2 rings (SSSR count). The Morgan fingerprint density at radius 2 is 2.11 bits per heavy atom. The molecule has 2 unspecified atom stereocenters. The van der Waals surface area contributed by atoms with Crippen molar-refractivity contribution in [1.29, 1.82) is 0 Å². The molecule has 6 heteroatoms. The monoisotopic (exact) mass is 270 g/mol. The van der Waals surface area contributed by atoms with E-state index < -0.39 is 12.0 Å². The lowest BCUT2D eigenvalue weighted by atomic mass is 9.98. The molecule has 0 aromatic carbocycles. The van der Waals surface area contributed by atoms with Gasteiger partial charge in [0.05, 0.1) is 6.61 Å². The van der Waals surface area contributed by atoms with Crippen molar-refractivity contribution >= 4 is 12.0 Å². The minimum atomic E-state index is -0.956. The average molecular weight is 270 g/mol. The van der Waals surface area contributed by atoms with E-state index >= 15 is 0 Å². The minimum Gasteiger partial charge on any atom is -0.480 e. The smallest absolute Gasteiger partial charge is 0.326 e. The zero-order chi connectivity index (χ0) is 13.8. The number of ether oxygens (including phenoxy) is 1. The van der Waals surface area contributed by atoms with E-state index in [0.29, 0.717) is 25.6 Å². The fourth-order valence-corrected chi connectivity index (χ4v) is 2.37. The Bertz CT molecular complexity index is 344. The largest absolute Gasteiger partial charge is 0.480 e. The molecule has 2 amide bonds. The summed E-state index contributed by atoms with van der Waals surface area (Å²) >= 11 is 0. The number of carboxylic acids is 1. The second-order valence-electron chi connectivity index (χ2n) is 5.64. The van der Waals surface area contributed by atoms with Crippen molar-refractivity contribution in [3.63, 3.8) is 0 Å². The van der Waals surface area contributed by atoms with Crippen LogP contribution in [0, 0.1) is 11.8 Å². The predicted molar refractivity (Wildman–Crippen MR) is 68.8 cm³/mol. The molecule has 3 atom stereocenters. The number of nitrogens with one attached hydrogen (secondary N) is 2. The second-order valence-corrected chi connectivity index (χ2v) is 5.64.